The van der Waals surface area contributed by atoms with Crippen LogP contribution in [0.1, 0.15) is 10.4 Å². The molecule has 0 aromatic heterocycles. The standard InChI is InChI=1S/C21H10F7O3S/c22-12-5-16-18(7-14(12)24)32(19-8-15(25)13(23)6-17(19)31-16)11-3-1-10(2-4-11)20(29)30-9-21(26,27)28/h1-8H,9H2/q+1. The predicted molar refractivity (Wildman–Crippen MR) is 97.7 cm³/mol. The molecule has 0 aliphatic carbocycles. The maximum absolute atomic E-state index is 14.0. The number of alkyl halides is 3. The molecule has 0 fully saturated rings. The zero-order valence-corrected chi connectivity index (χ0v) is 16.4. The fourth-order valence-electron chi connectivity index (χ4n) is 2.95. The molecule has 1 aliphatic heterocycles. The lowest BCUT2D eigenvalue weighted by Crippen LogP contribution is -2.20. The van der Waals surface area contributed by atoms with Crippen molar-refractivity contribution in [3.63, 3.8) is 0 Å². The van der Waals surface area contributed by atoms with E-state index < -0.39 is 52.9 Å². The Kier molecular flexibility index (Phi) is 5.53. The van der Waals surface area contributed by atoms with Crippen LogP contribution in [0.2, 0.25) is 0 Å². The lowest BCUT2D eigenvalue weighted by molar-refractivity contribution is -0.161. The number of esters is 1. The first-order chi connectivity index (χ1) is 15.0. The van der Waals surface area contributed by atoms with Gasteiger partial charge in [0.15, 0.2) is 46.3 Å². The van der Waals surface area contributed by atoms with Crippen molar-refractivity contribution >= 4 is 16.9 Å². The Morgan fingerprint density at radius 3 is 1.75 bits per heavy atom. The molecule has 0 unspecified atom stereocenters. The molecule has 0 bridgehead atoms. The molecular weight excluding hydrogens is 465 g/mol. The monoisotopic (exact) mass is 475 g/mol. The highest BCUT2D eigenvalue weighted by atomic mass is 32.2. The second-order valence-corrected chi connectivity index (χ2v) is 8.51. The van der Waals surface area contributed by atoms with Crippen LogP contribution in [0.4, 0.5) is 30.7 Å². The average molecular weight is 475 g/mol. The fraction of sp³-hybridized carbons (Fsp3) is 0.0952. The Morgan fingerprint density at radius 1 is 0.812 bits per heavy atom. The molecule has 1 aliphatic rings. The predicted octanol–water partition coefficient (Wildman–Crippen LogP) is 6.16. The van der Waals surface area contributed by atoms with Crippen molar-refractivity contribution in [2.45, 2.75) is 20.9 Å². The maximum Gasteiger partial charge on any atom is 0.422 e. The molecular formula is C21H10F7O3S+. The number of hydrogen-bond acceptors (Lipinski definition) is 3. The number of rotatable bonds is 3. The van der Waals surface area contributed by atoms with Crippen LogP contribution >= 0.6 is 0 Å². The van der Waals surface area contributed by atoms with Gasteiger partial charge in [0.05, 0.1) is 5.56 Å². The normalized spacial score (nSPS) is 13.2. The van der Waals surface area contributed by atoms with Crippen LogP contribution in [0, 0.1) is 23.3 Å². The summed E-state index contributed by atoms with van der Waals surface area (Å²) in [6, 6.07) is 8.32. The van der Waals surface area contributed by atoms with Crippen LogP contribution in [0.25, 0.3) is 0 Å². The summed E-state index contributed by atoms with van der Waals surface area (Å²) in [6.07, 6.45) is -4.69. The number of hydrogen-bond donors (Lipinski definition) is 0. The molecule has 1 heterocycles. The van der Waals surface area contributed by atoms with Crippen molar-refractivity contribution < 1.29 is 45.0 Å². The number of halogens is 7. The molecule has 166 valence electrons. The van der Waals surface area contributed by atoms with E-state index in [4.69, 9.17) is 4.74 Å². The molecule has 0 amide bonds. The van der Waals surface area contributed by atoms with Crippen molar-refractivity contribution in [2.24, 2.45) is 0 Å². The molecule has 3 nitrogen and oxygen atoms in total. The van der Waals surface area contributed by atoms with Gasteiger partial charge in [0, 0.05) is 24.3 Å². The van der Waals surface area contributed by atoms with Gasteiger partial charge in [0.2, 0.25) is 9.79 Å². The van der Waals surface area contributed by atoms with E-state index in [0.717, 1.165) is 24.3 Å². The third kappa shape index (κ3) is 4.24. The van der Waals surface area contributed by atoms with E-state index in [-0.39, 0.29) is 26.9 Å². The zero-order valence-electron chi connectivity index (χ0n) is 15.6. The number of fused-ring (bicyclic) bond motifs is 2. The van der Waals surface area contributed by atoms with Gasteiger partial charge in [-0.15, -0.1) is 0 Å². The maximum atomic E-state index is 14.0. The molecule has 0 N–H and O–H groups in total. The number of carbonyl (C=O) groups excluding carboxylic acids is 1. The SMILES string of the molecule is O=C(OCC(F)(F)F)c1ccc([S+]2c3cc(F)c(F)cc3Oc3cc(F)c(F)cc32)cc1. The minimum atomic E-state index is -4.69. The van der Waals surface area contributed by atoms with Gasteiger partial charge in [-0.05, 0) is 24.3 Å². The fourth-order valence-corrected chi connectivity index (χ4v) is 5.15. The van der Waals surface area contributed by atoms with Crippen molar-refractivity contribution in [1.29, 1.82) is 0 Å². The van der Waals surface area contributed by atoms with Gasteiger partial charge in [-0.1, -0.05) is 0 Å². The summed E-state index contributed by atoms with van der Waals surface area (Å²) in [7, 11) is -1.30. The Hall–Kier alpha value is -3.21. The van der Waals surface area contributed by atoms with Crippen LogP contribution in [0.5, 0.6) is 11.5 Å². The van der Waals surface area contributed by atoms with E-state index in [1.54, 1.807) is 0 Å². The highest BCUT2D eigenvalue weighted by Gasteiger charge is 2.41. The highest BCUT2D eigenvalue weighted by Crippen LogP contribution is 2.48. The number of benzene rings is 3. The minimum Gasteiger partial charge on any atom is -0.452 e. The van der Waals surface area contributed by atoms with Crippen molar-refractivity contribution in [3.8, 4) is 11.5 Å². The quantitative estimate of drug-likeness (QED) is 0.202. The van der Waals surface area contributed by atoms with Gasteiger partial charge in [-0.2, -0.15) is 13.2 Å². The summed E-state index contributed by atoms with van der Waals surface area (Å²) in [6.45, 7) is -1.76. The number of ether oxygens (including phenoxy) is 2. The van der Waals surface area contributed by atoms with Gasteiger partial charge in [-0.3, -0.25) is 0 Å². The summed E-state index contributed by atoms with van der Waals surface area (Å²) in [4.78, 5) is 12.4. The molecule has 0 saturated heterocycles. The Morgan fingerprint density at radius 2 is 1.28 bits per heavy atom. The number of carbonyl (C=O) groups is 1. The summed E-state index contributed by atoms with van der Waals surface area (Å²) in [5.74, 6) is -6.24. The van der Waals surface area contributed by atoms with Gasteiger partial charge in [0.1, 0.15) is 10.9 Å². The van der Waals surface area contributed by atoms with Gasteiger partial charge in [-0.25, -0.2) is 22.4 Å². The highest BCUT2D eigenvalue weighted by molar-refractivity contribution is 7.97. The largest absolute Gasteiger partial charge is 0.452 e. The van der Waals surface area contributed by atoms with E-state index in [1.807, 2.05) is 0 Å². The molecule has 0 spiro atoms. The smallest absolute Gasteiger partial charge is 0.422 e. The summed E-state index contributed by atoms with van der Waals surface area (Å²) >= 11 is 0. The van der Waals surface area contributed by atoms with E-state index in [2.05, 4.69) is 4.74 Å². The Balaban J connectivity index is 1.75. The molecule has 0 atom stereocenters. The first kappa shape index (κ1) is 22.0. The Labute approximate surface area is 178 Å². The molecule has 0 saturated carbocycles. The van der Waals surface area contributed by atoms with Crippen LogP contribution in [-0.4, -0.2) is 18.8 Å². The van der Waals surface area contributed by atoms with Crippen LogP contribution < -0.4 is 4.74 Å². The molecule has 0 radical (unpaired) electrons. The first-order valence-electron chi connectivity index (χ1n) is 8.77. The van der Waals surface area contributed by atoms with E-state index >= 15 is 0 Å². The van der Waals surface area contributed by atoms with E-state index in [0.29, 0.717) is 4.90 Å². The second-order valence-electron chi connectivity index (χ2n) is 6.55. The van der Waals surface area contributed by atoms with Crippen molar-refractivity contribution in [1.82, 2.24) is 0 Å². The van der Waals surface area contributed by atoms with E-state index in [1.165, 1.54) is 24.3 Å². The lowest BCUT2D eigenvalue weighted by atomic mass is 10.2. The first-order valence-corrected chi connectivity index (χ1v) is 10.00. The summed E-state index contributed by atoms with van der Waals surface area (Å²) in [5, 5.41) is 0. The van der Waals surface area contributed by atoms with Gasteiger partial charge >= 0.3 is 12.1 Å². The third-order valence-corrected chi connectivity index (χ3v) is 6.59. The van der Waals surface area contributed by atoms with Crippen molar-refractivity contribution in [2.75, 3.05) is 6.61 Å². The zero-order chi connectivity index (χ0) is 23.2. The van der Waals surface area contributed by atoms with Crippen LogP contribution in [0.15, 0.2) is 63.2 Å². The average Bonchev–Trinajstić information content (AvgIpc) is 2.72. The topological polar surface area (TPSA) is 35.5 Å². The summed E-state index contributed by atoms with van der Waals surface area (Å²) in [5.41, 5.74) is -0.189. The Bertz CT molecular complexity index is 1150. The van der Waals surface area contributed by atoms with Gasteiger partial charge in [0.25, 0.3) is 0 Å². The molecule has 3 aromatic rings. The summed E-state index contributed by atoms with van der Waals surface area (Å²) < 4.78 is 102. The lowest BCUT2D eigenvalue weighted by Gasteiger charge is -2.20. The third-order valence-electron chi connectivity index (χ3n) is 4.33. The van der Waals surface area contributed by atoms with E-state index in [9.17, 15) is 35.5 Å². The molecule has 3 aromatic carbocycles. The van der Waals surface area contributed by atoms with Crippen LogP contribution in [0.3, 0.4) is 0 Å². The van der Waals surface area contributed by atoms with Crippen LogP contribution in [-0.2, 0) is 15.6 Å². The minimum absolute atomic E-state index is 0.112. The van der Waals surface area contributed by atoms with Gasteiger partial charge < -0.3 is 9.47 Å². The molecule has 4 rings (SSSR count). The second kappa shape index (κ2) is 8.05. The molecule has 32 heavy (non-hydrogen) atoms. The van der Waals surface area contributed by atoms with Crippen molar-refractivity contribution in [3.05, 3.63) is 77.4 Å². The molecule has 11 heteroatoms.